The lowest BCUT2D eigenvalue weighted by atomic mass is 9.67. The number of hydrogen-bond donors (Lipinski definition) is 1. The van der Waals surface area contributed by atoms with Crippen LogP contribution in [0.3, 0.4) is 0 Å². The van der Waals surface area contributed by atoms with Crippen LogP contribution in [0.2, 0.25) is 0 Å². The Labute approximate surface area is 96.1 Å². The molecule has 1 N–H and O–H groups in total. The molecule has 3 aliphatic carbocycles. The molecule has 0 atom stereocenters. The SMILES string of the molecule is CC(=O)Nc1ccc2c(c1)C1CCC2CC1. The lowest BCUT2D eigenvalue weighted by Crippen LogP contribution is -2.21. The van der Waals surface area contributed by atoms with Gasteiger partial charge in [0.2, 0.25) is 5.91 Å². The number of carbonyl (C=O) groups excluding carboxylic acids is 1. The second kappa shape index (κ2) is 3.62. The zero-order chi connectivity index (χ0) is 11.1. The highest BCUT2D eigenvalue weighted by Gasteiger charge is 2.32. The van der Waals surface area contributed by atoms with Gasteiger partial charge >= 0.3 is 0 Å². The molecule has 0 spiro atoms. The fourth-order valence-corrected chi connectivity index (χ4v) is 3.30. The number of fused-ring (bicyclic) bond motifs is 2. The van der Waals surface area contributed by atoms with E-state index < -0.39 is 0 Å². The third kappa shape index (κ3) is 1.53. The summed E-state index contributed by atoms with van der Waals surface area (Å²) in [7, 11) is 0. The molecule has 1 amide bonds. The van der Waals surface area contributed by atoms with E-state index in [9.17, 15) is 4.79 Å². The normalized spacial score (nSPS) is 26.3. The molecule has 16 heavy (non-hydrogen) atoms. The zero-order valence-corrected chi connectivity index (χ0v) is 9.62. The Balaban J connectivity index is 1.98. The maximum atomic E-state index is 11.0. The van der Waals surface area contributed by atoms with E-state index in [-0.39, 0.29) is 5.91 Å². The predicted octanol–water partition coefficient (Wildman–Crippen LogP) is 3.40. The summed E-state index contributed by atoms with van der Waals surface area (Å²) in [5.41, 5.74) is 3.99. The lowest BCUT2D eigenvalue weighted by molar-refractivity contribution is -0.114. The summed E-state index contributed by atoms with van der Waals surface area (Å²) in [5.74, 6) is 1.54. The fraction of sp³-hybridized carbons (Fsp3) is 0.500. The first kappa shape index (κ1) is 9.88. The Morgan fingerprint density at radius 3 is 2.38 bits per heavy atom. The predicted molar refractivity (Wildman–Crippen MR) is 64.7 cm³/mol. The molecule has 2 heteroatoms. The monoisotopic (exact) mass is 215 g/mol. The number of carbonyl (C=O) groups is 1. The van der Waals surface area contributed by atoms with E-state index in [1.807, 2.05) is 6.07 Å². The van der Waals surface area contributed by atoms with E-state index >= 15 is 0 Å². The summed E-state index contributed by atoms with van der Waals surface area (Å²) < 4.78 is 0. The number of rotatable bonds is 1. The molecular weight excluding hydrogens is 198 g/mol. The minimum absolute atomic E-state index is 0.0147. The van der Waals surface area contributed by atoms with Crippen LogP contribution < -0.4 is 5.32 Å². The van der Waals surface area contributed by atoms with Crippen LogP contribution in [-0.4, -0.2) is 5.91 Å². The first-order valence-corrected chi connectivity index (χ1v) is 6.15. The van der Waals surface area contributed by atoms with Crippen molar-refractivity contribution in [3.8, 4) is 0 Å². The quantitative estimate of drug-likeness (QED) is 0.764. The van der Waals surface area contributed by atoms with Gasteiger partial charge in [-0.15, -0.1) is 0 Å². The minimum atomic E-state index is 0.0147. The van der Waals surface area contributed by atoms with Crippen LogP contribution in [0.15, 0.2) is 18.2 Å². The molecular formula is C14H17NO. The van der Waals surface area contributed by atoms with E-state index in [0.717, 1.165) is 17.5 Å². The molecule has 3 aliphatic rings. The molecule has 0 unspecified atom stereocenters. The van der Waals surface area contributed by atoms with Gasteiger partial charge in [-0.2, -0.15) is 0 Å². The van der Waals surface area contributed by atoms with Crippen molar-refractivity contribution >= 4 is 11.6 Å². The minimum Gasteiger partial charge on any atom is -0.326 e. The molecule has 1 saturated carbocycles. The van der Waals surface area contributed by atoms with Crippen molar-refractivity contribution in [2.75, 3.05) is 5.32 Å². The summed E-state index contributed by atoms with van der Waals surface area (Å²) >= 11 is 0. The topological polar surface area (TPSA) is 29.1 Å². The van der Waals surface area contributed by atoms with Gasteiger partial charge < -0.3 is 5.32 Å². The van der Waals surface area contributed by atoms with Gasteiger partial charge in [-0.25, -0.2) is 0 Å². The molecule has 0 heterocycles. The Hall–Kier alpha value is -1.31. The Morgan fingerprint density at radius 2 is 1.75 bits per heavy atom. The molecule has 4 rings (SSSR count). The van der Waals surface area contributed by atoms with E-state index in [1.165, 1.54) is 36.8 Å². The molecule has 2 nitrogen and oxygen atoms in total. The summed E-state index contributed by atoms with van der Waals surface area (Å²) in [6.07, 6.45) is 5.39. The van der Waals surface area contributed by atoms with Crippen LogP contribution in [0.25, 0.3) is 0 Å². The molecule has 2 bridgehead atoms. The number of anilines is 1. The highest BCUT2D eigenvalue weighted by Crippen LogP contribution is 2.49. The van der Waals surface area contributed by atoms with Gasteiger partial charge in [-0.3, -0.25) is 4.79 Å². The Morgan fingerprint density at radius 1 is 1.12 bits per heavy atom. The van der Waals surface area contributed by atoms with Crippen LogP contribution in [0.5, 0.6) is 0 Å². The number of nitrogens with one attached hydrogen (secondary N) is 1. The standard InChI is InChI=1S/C14H17NO/c1-9(16)15-12-6-7-13-10-2-4-11(5-3-10)14(13)8-12/h6-8,10-11H,2-5H2,1H3,(H,15,16). The first-order valence-electron chi connectivity index (χ1n) is 6.15. The van der Waals surface area contributed by atoms with Crippen molar-refractivity contribution in [2.24, 2.45) is 0 Å². The highest BCUT2D eigenvalue weighted by atomic mass is 16.1. The van der Waals surface area contributed by atoms with Crippen LogP contribution in [0.4, 0.5) is 5.69 Å². The van der Waals surface area contributed by atoms with E-state index in [1.54, 1.807) is 6.92 Å². The molecule has 1 fully saturated rings. The average Bonchev–Trinajstić information content (AvgIpc) is 2.29. The fourth-order valence-electron chi connectivity index (χ4n) is 3.30. The van der Waals surface area contributed by atoms with Gasteiger partial charge in [-0.1, -0.05) is 6.07 Å². The molecule has 84 valence electrons. The number of amides is 1. The maximum Gasteiger partial charge on any atom is 0.221 e. The average molecular weight is 215 g/mol. The second-order valence-corrected chi connectivity index (χ2v) is 5.07. The van der Waals surface area contributed by atoms with Crippen molar-refractivity contribution < 1.29 is 4.79 Å². The van der Waals surface area contributed by atoms with Gasteiger partial charge in [-0.05, 0) is 60.8 Å². The lowest BCUT2D eigenvalue weighted by Gasteiger charge is -2.38. The van der Waals surface area contributed by atoms with Crippen molar-refractivity contribution in [1.29, 1.82) is 0 Å². The molecule has 1 aromatic carbocycles. The van der Waals surface area contributed by atoms with Crippen molar-refractivity contribution in [3.05, 3.63) is 29.3 Å². The smallest absolute Gasteiger partial charge is 0.221 e. The summed E-state index contributed by atoms with van der Waals surface area (Å²) in [6.45, 7) is 1.56. The second-order valence-electron chi connectivity index (χ2n) is 5.07. The van der Waals surface area contributed by atoms with Crippen LogP contribution in [0.1, 0.15) is 55.6 Å². The summed E-state index contributed by atoms with van der Waals surface area (Å²) in [6, 6.07) is 6.45. The molecule has 0 aromatic heterocycles. The Kier molecular flexibility index (Phi) is 2.23. The van der Waals surface area contributed by atoms with Gasteiger partial charge in [0.25, 0.3) is 0 Å². The van der Waals surface area contributed by atoms with E-state index in [2.05, 4.69) is 17.4 Å². The largest absolute Gasteiger partial charge is 0.326 e. The van der Waals surface area contributed by atoms with Crippen molar-refractivity contribution in [2.45, 2.75) is 44.4 Å². The van der Waals surface area contributed by atoms with E-state index in [0.29, 0.717) is 0 Å². The number of benzene rings is 1. The first-order chi connectivity index (χ1) is 7.74. The molecule has 0 saturated heterocycles. The van der Waals surface area contributed by atoms with E-state index in [4.69, 9.17) is 0 Å². The highest BCUT2D eigenvalue weighted by molar-refractivity contribution is 5.88. The van der Waals surface area contributed by atoms with Crippen molar-refractivity contribution in [3.63, 3.8) is 0 Å². The zero-order valence-electron chi connectivity index (χ0n) is 9.62. The third-order valence-corrected chi connectivity index (χ3v) is 4.01. The molecule has 0 aliphatic heterocycles. The molecule has 0 radical (unpaired) electrons. The van der Waals surface area contributed by atoms with Crippen LogP contribution >= 0.6 is 0 Å². The van der Waals surface area contributed by atoms with Gasteiger partial charge in [0.05, 0.1) is 0 Å². The Bertz CT molecular complexity index is 430. The van der Waals surface area contributed by atoms with Gasteiger partial charge in [0.1, 0.15) is 0 Å². The van der Waals surface area contributed by atoms with Crippen molar-refractivity contribution in [1.82, 2.24) is 0 Å². The van der Waals surface area contributed by atoms with Gasteiger partial charge in [0, 0.05) is 12.6 Å². The number of hydrogen-bond acceptors (Lipinski definition) is 1. The van der Waals surface area contributed by atoms with Gasteiger partial charge in [0.15, 0.2) is 0 Å². The summed E-state index contributed by atoms with van der Waals surface area (Å²) in [4.78, 5) is 11.0. The third-order valence-electron chi connectivity index (χ3n) is 4.01. The summed E-state index contributed by atoms with van der Waals surface area (Å²) in [5, 5.41) is 2.88. The van der Waals surface area contributed by atoms with Crippen LogP contribution in [0, 0.1) is 0 Å². The maximum absolute atomic E-state index is 11.0. The molecule has 1 aromatic rings. The van der Waals surface area contributed by atoms with Crippen LogP contribution in [-0.2, 0) is 4.79 Å².